The normalized spacial score (nSPS) is 25.7. The lowest BCUT2D eigenvalue weighted by molar-refractivity contribution is 0.239. The number of anilines is 2. The minimum absolute atomic E-state index is 0.0197. The maximum Gasteiger partial charge on any atom is 0.0602 e. The molecule has 1 heterocycles. The molecule has 2 rings (SSSR count). The van der Waals surface area contributed by atoms with Gasteiger partial charge in [0.1, 0.15) is 0 Å². The molecule has 4 atom stereocenters. The van der Waals surface area contributed by atoms with Crippen LogP contribution in [0.2, 0.25) is 0 Å². The zero-order valence-corrected chi connectivity index (χ0v) is 11.5. The molecule has 4 unspecified atom stereocenters. The molecule has 1 saturated heterocycles. The fourth-order valence-corrected chi connectivity index (χ4v) is 2.98. The van der Waals surface area contributed by atoms with Gasteiger partial charge in [-0.1, -0.05) is 0 Å². The maximum atomic E-state index is 9.33. The third-order valence-corrected chi connectivity index (χ3v) is 4.07. The monoisotopic (exact) mass is 280 g/mol. The molecule has 1 fully saturated rings. The van der Waals surface area contributed by atoms with Crippen molar-refractivity contribution in [2.75, 3.05) is 23.8 Å². The first kappa shape index (κ1) is 15.1. The number of aliphatic hydroxyl groups excluding tert-OH is 2. The molecule has 0 spiro atoms. The summed E-state index contributed by atoms with van der Waals surface area (Å²) in [4.78, 5) is 2.13. The van der Waals surface area contributed by atoms with E-state index in [0.717, 1.165) is 18.5 Å². The van der Waals surface area contributed by atoms with Crippen molar-refractivity contribution in [1.82, 2.24) is 0 Å². The van der Waals surface area contributed by atoms with E-state index >= 15 is 0 Å². The van der Waals surface area contributed by atoms with E-state index in [1.807, 2.05) is 24.3 Å². The van der Waals surface area contributed by atoms with Gasteiger partial charge in [-0.15, -0.1) is 0 Å². The largest absolute Gasteiger partial charge is 0.399 e. The number of nitrogens with zero attached hydrogens (tertiary/aromatic N) is 1. The Labute approximate surface area is 119 Å². The molecule has 1 aromatic rings. The fraction of sp³-hybridized carbons (Fsp3) is 0.571. The van der Waals surface area contributed by atoms with Gasteiger partial charge < -0.3 is 32.3 Å². The van der Waals surface area contributed by atoms with E-state index in [1.54, 1.807) is 0 Å². The molecule has 112 valence electrons. The van der Waals surface area contributed by atoms with Crippen LogP contribution in [0, 0.1) is 0 Å². The van der Waals surface area contributed by atoms with Gasteiger partial charge in [0.05, 0.1) is 13.2 Å². The number of nitrogens with two attached hydrogens (primary N) is 3. The van der Waals surface area contributed by atoms with Crippen LogP contribution in [0.1, 0.15) is 12.8 Å². The van der Waals surface area contributed by atoms with Crippen molar-refractivity contribution in [3.8, 4) is 0 Å². The van der Waals surface area contributed by atoms with Crippen LogP contribution in [-0.4, -0.2) is 47.6 Å². The molecule has 0 radical (unpaired) electrons. The Morgan fingerprint density at radius 1 is 1.00 bits per heavy atom. The van der Waals surface area contributed by atoms with Crippen LogP contribution in [0.25, 0.3) is 0 Å². The molecule has 0 saturated carbocycles. The molecule has 6 heteroatoms. The zero-order valence-electron chi connectivity index (χ0n) is 11.5. The summed E-state index contributed by atoms with van der Waals surface area (Å²) in [7, 11) is 0. The average molecular weight is 280 g/mol. The van der Waals surface area contributed by atoms with Crippen LogP contribution in [0.3, 0.4) is 0 Å². The Morgan fingerprint density at radius 3 is 1.85 bits per heavy atom. The number of hydrogen-bond donors (Lipinski definition) is 5. The predicted octanol–water partition coefficient (Wildman–Crippen LogP) is -0.755. The van der Waals surface area contributed by atoms with E-state index in [-0.39, 0.29) is 37.4 Å². The van der Waals surface area contributed by atoms with E-state index in [2.05, 4.69) is 4.90 Å². The lowest BCUT2D eigenvalue weighted by Crippen LogP contribution is -2.54. The molecule has 1 aliphatic heterocycles. The van der Waals surface area contributed by atoms with Gasteiger partial charge in [0.15, 0.2) is 0 Å². The van der Waals surface area contributed by atoms with Crippen LogP contribution < -0.4 is 22.1 Å². The molecule has 8 N–H and O–H groups in total. The van der Waals surface area contributed by atoms with Crippen LogP contribution in [0.4, 0.5) is 11.4 Å². The summed E-state index contributed by atoms with van der Waals surface area (Å²) < 4.78 is 0. The van der Waals surface area contributed by atoms with Gasteiger partial charge in [-0.3, -0.25) is 0 Å². The molecule has 0 aliphatic carbocycles. The standard InChI is InChI=1S/C14H24N4O2/c15-9-1-3-10(4-2-9)18-13(11(16)7-19)5-6-14(18)12(17)8-20/h1-4,11-14,19-20H,5-8,15-17H2. The van der Waals surface area contributed by atoms with Gasteiger partial charge in [0, 0.05) is 35.5 Å². The van der Waals surface area contributed by atoms with Crippen molar-refractivity contribution in [2.45, 2.75) is 37.0 Å². The summed E-state index contributed by atoms with van der Waals surface area (Å²) in [6.07, 6.45) is 1.70. The van der Waals surface area contributed by atoms with Crippen LogP contribution in [0.5, 0.6) is 0 Å². The van der Waals surface area contributed by atoms with E-state index < -0.39 is 0 Å². The molecule has 1 aromatic carbocycles. The van der Waals surface area contributed by atoms with Crippen molar-refractivity contribution in [2.24, 2.45) is 11.5 Å². The zero-order chi connectivity index (χ0) is 14.7. The molecule has 0 amide bonds. The second-order valence-corrected chi connectivity index (χ2v) is 5.40. The Kier molecular flexibility index (Phi) is 4.82. The SMILES string of the molecule is Nc1ccc(N2C(C(N)CO)CCC2C(N)CO)cc1. The summed E-state index contributed by atoms with van der Waals surface area (Å²) in [5, 5.41) is 18.7. The summed E-state index contributed by atoms with van der Waals surface area (Å²) in [6.45, 7) is -0.144. The maximum absolute atomic E-state index is 9.33. The quantitative estimate of drug-likeness (QED) is 0.452. The lowest BCUT2D eigenvalue weighted by Gasteiger charge is -2.37. The second-order valence-electron chi connectivity index (χ2n) is 5.40. The number of rotatable bonds is 5. The highest BCUT2D eigenvalue weighted by molar-refractivity contribution is 5.55. The number of aliphatic hydroxyl groups is 2. The van der Waals surface area contributed by atoms with Crippen LogP contribution in [-0.2, 0) is 0 Å². The number of benzene rings is 1. The fourth-order valence-electron chi connectivity index (χ4n) is 2.98. The third kappa shape index (κ3) is 2.88. The highest BCUT2D eigenvalue weighted by Crippen LogP contribution is 2.33. The smallest absolute Gasteiger partial charge is 0.0602 e. The third-order valence-electron chi connectivity index (χ3n) is 4.07. The molecular formula is C14H24N4O2. The summed E-state index contributed by atoms with van der Waals surface area (Å²) in [5.41, 5.74) is 19.4. The summed E-state index contributed by atoms with van der Waals surface area (Å²) >= 11 is 0. The van der Waals surface area contributed by atoms with Gasteiger partial charge in [-0.25, -0.2) is 0 Å². The Morgan fingerprint density at radius 2 is 1.45 bits per heavy atom. The molecular weight excluding hydrogens is 256 g/mol. The van der Waals surface area contributed by atoms with E-state index in [0.29, 0.717) is 5.69 Å². The predicted molar refractivity (Wildman–Crippen MR) is 80.3 cm³/mol. The summed E-state index contributed by atoms with van der Waals surface area (Å²) in [5.74, 6) is 0. The van der Waals surface area contributed by atoms with Crippen LogP contribution in [0.15, 0.2) is 24.3 Å². The van der Waals surface area contributed by atoms with Gasteiger partial charge in [0.2, 0.25) is 0 Å². The Bertz CT molecular complexity index is 408. The highest BCUT2D eigenvalue weighted by Gasteiger charge is 2.39. The number of nitrogen functional groups attached to an aromatic ring is 1. The van der Waals surface area contributed by atoms with Crippen molar-refractivity contribution in [1.29, 1.82) is 0 Å². The highest BCUT2D eigenvalue weighted by atomic mass is 16.3. The topological polar surface area (TPSA) is 122 Å². The van der Waals surface area contributed by atoms with Crippen molar-refractivity contribution >= 4 is 11.4 Å². The molecule has 0 aromatic heterocycles. The van der Waals surface area contributed by atoms with Gasteiger partial charge in [0.25, 0.3) is 0 Å². The average Bonchev–Trinajstić information content (AvgIpc) is 2.91. The minimum atomic E-state index is -0.330. The van der Waals surface area contributed by atoms with E-state index in [4.69, 9.17) is 17.2 Å². The first-order valence-corrected chi connectivity index (χ1v) is 6.95. The molecule has 20 heavy (non-hydrogen) atoms. The minimum Gasteiger partial charge on any atom is -0.399 e. The van der Waals surface area contributed by atoms with E-state index in [9.17, 15) is 10.2 Å². The van der Waals surface area contributed by atoms with Gasteiger partial charge in [-0.2, -0.15) is 0 Å². The molecule has 0 bridgehead atoms. The Balaban J connectivity index is 2.30. The van der Waals surface area contributed by atoms with Gasteiger partial charge >= 0.3 is 0 Å². The summed E-state index contributed by atoms with van der Waals surface area (Å²) in [6, 6.07) is 6.89. The van der Waals surface area contributed by atoms with Crippen molar-refractivity contribution in [3.05, 3.63) is 24.3 Å². The van der Waals surface area contributed by atoms with Crippen molar-refractivity contribution < 1.29 is 10.2 Å². The van der Waals surface area contributed by atoms with Crippen LogP contribution >= 0.6 is 0 Å². The molecule has 1 aliphatic rings. The first-order chi connectivity index (χ1) is 9.58. The first-order valence-electron chi connectivity index (χ1n) is 6.95. The van der Waals surface area contributed by atoms with Crippen molar-refractivity contribution in [3.63, 3.8) is 0 Å². The number of hydrogen-bond acceptors (Lipinski definition) is 6. The second kappa shape index (κ2) is 6.41. The lowest BCUT2D eigenvalue weighted by atomic mass is 10.1. The van der Waals surface area contributed by atoms with Gasteiger partial charge in [-0.05, 0) is 37.1 Å². The Hall–Kier alpha value is -1.34. The molecule has 6 nitrogen and oxygen atoms in total. The van der Waals surface area contributed by atoms with E-state index in [1.165, 1.54) is 0 Å².